The summed E-state index contributed by atoms with van der Waals surface area (Å²) < 4.78 is 5.18. The summed E-state index contributed by atoms with van der Waals surface area (Å²) in [4.78, 5) is 27.3. The number of hydrogen-bond acceptors (Lipinski definition) is 4. The third-order valence-corrected chi connectivity index (χ3v) is 5.80. The Morgan fingerprint density at radius 1 is 1.22 bits per heavy atom. The van der Waals surface area contributed by atoms with Crippen LogP contribution in [-0.4, -0.2) is 61.4 Å². The van der Waals surface area contributed by atoms with E-state index in [9.17, 15) is 9.59 Å². The highest BCUT2D eigenvalue weighted by molar-refractivity contribution is 5.84. The highest BCUT2D eigenvalue weighted by Gasteiger charge is 2.40. The van der Waals surface area contributed by atoms with E-state index in [4.69, 9.17) is 10.5 Å². The first-order valence-electron chi connectivity index (χ1n) is 9.59. The average Bonchev–Trinajstić information content (AvgIpc) is 2.67. The smallest absolute Gasteiger partial charge is 0.237 e. The summed E-state index contributed by atoms with van der Waals surface area (Å²) in [6.45, 7) is 3.68. The molecule has 2 aliphatic rings. The molecule has 0 bridgehead atoms. The topological polar surface area (TPSA) is 75.9 Å². The summed E-state index contributed by atoms with van der Waals surface area (Å²) in [7, 11) is 1.67. The molecule has 6 nitrogen and oxygen atoms in total. The second-order valence-electron chi connectivity index (χ2n) is 7.69. The number of rotatable bonds is 6. The molecule has 0 saturated carbocycles. The van der Waals surface area contributed by atoms with Crippen LogP contribution in [0.4, 0.5) is 0 Å². The number of likely N-dealkylation sites (tertiary alicyclic amines) is 2. The van der Waals surface area contributed by atoms with Crippen LogP contribution in [0.5, 0.6) is 5.75 Å². The van der Waals surface area contributed by atoms with Crippen molar-refractivity contribution >= 4 is 17.9 Å². The first kappa shape index (κ1) is 19.4. The molecule has 2 heterocycles. The van der Waals surface area contributed by atoms with Crippen LogP contribution >= 0.6 is 0 Å². The molecule has 3 rings (SSSR count). The fraction of sp³-hybridized carbons (Fsp3) is 0.524. The zero-order valence-corrected chi connectivity index (χ0v) is 16.0. The minimum atomic E-state index is -0.429. The number of amides is 2. The number of nitrogens with zero attached hydrogens (tertiary/aromatic N) is 2. The van der Waals surface area contributed by atoms with Gasteiger partial charge in [-0.05, 0) is 55.5 Å². The minimum Gasteiger partial charge on any atom is -0.497 e. The molecule has 2 saturated heterocycles. The number of hydrogen-bond donors (Lipinski definition) is 1. The van der Waals surface area contributed by atoms with Crippen molar-refractivity contribution in [1.82, 2.24) is 9.80 Å². The summed E-state index contributed by atoms with van der Waals surface area (Å²) >= 11 is 0. The predicted octanol–water partition coefficient (Wildman–Crippen LogP) is 1.90. The van der Waals surface area contributed by atoms with E-state index in [1.54, 1.807) is 12.0 Å². The van der Waals surface area contributed by atoms with E-state index in [0.29, 0.717) is 13.0 Å². The second-order valence-corrected chi connectivity index (χ2v) is 7.69. The zero-order chi connectivity index (χ0) is 19.3. The van der Waals surface area contributed by atoms with Crippen LogP contribution in [0.1, 0.15) is 31.2 Å². The van der Waals surface area contributed by atoms with Gasteiger partial charge in [0.25, 0.3) is 0 Å². The second kappa shape index (κ2) is 8.57. The number of carbonyl (C=O) groups excluding carboxylic acids is 2. The SMILES string of the molecule is COc1ccc(/C=C/CN2CCC3(CCC(=O)N(CC(N)=O)C3)CC2)cc1. The lowest BCUT2D eigenvalue weighted by Crippen LogP contribution is -2.53. The van der Waals surface area contributed by atoms with Gasteiger partial charge in [-0.25, -0.2) is 0 Å². The maximum atomic E-state index is 12.0. The Morgan fingerprint density at radius 2 is 1.93 bits per heavy atom. The maximum absolute atomic E-state index is 12.0. The molecule has 27 heavy (non-hydrogen) atoms. The van der Waals surface area contributed by atoms with Crippen LogP contribution < -0.4 is 10.5 Å². The molecule has 2 amide bonds. The lowest BCUT2D eigenvalue weighted by molar-refractivity contribution is -0.142. The van der Waals surface area contributed by atoms with Crippen molar-refractivity contribution in [3.8, 4) is 5.75 Å². The lowest BCUT2D eigenvalue weighted by atomic mass is 9.72. The van der Waals surface area contributed by atoms with Crippen LogP contribution in [-0.2, 0) is 9.59 Å². The maximum Gasteiger partial charge on any atom is 0.237 e. The summed E-state index contributed by atoms with van der Waals surface area (Å²) in [5.74, 6) is 0.496. The first-order valence-corrected chi connectivity index (χ1v) is 9.59. The molecule has 0 unspecified atom stereocenters. The monoisotopic (exact) mass is 371 g/mol. The molecular weight excluding hydrogens is 342 g/mol. The van der Waals surface area contributed by atoms with Crippen molar-refractivity contribution in [2.75, 3.05) is 39.8 Å². The van der Waals surface area contributed by atoms with E-state index in [1.165, 1.54) is 0 Å². The van der Waals surface area contributed by atoms with E-state index in [1.807, 2.05) is 24.3 Å². The number of carbonyl (C=O) groups is 2. The Balaban J connectivity index is 1.48. The lowest BCUT2D eigenvalue weighted by Gasteiger charge is -2.47. The molecule has 0 aliphatic carbocycles. The van der Waals surface area contributed by atoms with Crippen molar-refractivity contribution in [1.29, 1.82) is 0 Å². The number of ether oxygens (including phenoxy) is 1. The highest BCUT2D eigenvalue weighted by atomic mass is 16.5. The third kappa shape index (κ3) is 5.10. The Kier molecular flexibility index (Phi) is 6.16. The highest BCUT2D eigenvalue weighted by Crippen LogP contribution is 2.40. The van der Waals surface area contributed by atoms with Crippen molar-refractivity contribution < 1.29 is 14.3 Å². The van der Waals surface area contributed by atoms with Gasteiger partial charge in [0.15, 0.2) is 0 Å². The number of nitrogens with two attached hydrogens (primary N) is 1. The standard InChI is InChI=1S/C21H29N3O3/c1-27-18-6-4-17(5-7-18)3-2-12-23-13-10-21(11-14-23)9-8-20(26)24(16-21)15-19(22)25/h2-7H,8-16H2,1H3,(H2,22,25)/b3-2+. The molecule has 2 fully saturated rings. The largest absolute Gasteiger partial charge is 0.497 e. The Hall–Kier alpha value is -2.34. The van der Waals surface area contributed by atoms with Gasteiger partial charge < -0.3 is 15.4 Å². The average molecular weight is 371 g/mol. The van der Waals surface area contributed by atoms with E-state index in [-0.39, 0.29) is 17.9 Å². The number of methoxy groups -OCH3 is 1. The number of primary amides is 1. The molecule has 0 aromatic heterocycles. The number of piperidine rings is 2. The van der Waals surface area contributed by atoms with Crippen molar-refractivity contribution in [2.24, 2.45) is 11.1 Å². The minimum absolute atomic E-state index is 0.0505. The molecule has 2 aliphatic heterocycles. The number of benzene rings is 1. The molecule has 1 aromatic rings. The normalized spacial score (nSPS) is 20.3. The Bertz CT molecular complexity index is 691. The summed E-state index contributed by atoms with van der Waals surface area (Å²) in [5, 5.41) is 0. The van der Waals surface area contributed by atoms with Crippen LogP contribution in [0.2, 0.25) is 0 Å². The molecule has 0 atom stereocenters. The van der Waals surface area contributed by atoms with Gasteiger partial charge in [0, 0.05) is 19.5 Å². The zero-order valence-electron chi connectivity index (χ0n) is 16.0. The molecule has 1 spiro atoms. The summed E-state index contributed by atoms with van der Waals surface area (Å²) in [6.07, 6.45) is 7.92. The van der Waals surface area contributed by atoms with Gasteiger partial charge in [-0.1, -0.05) is 24.3 Å². The van der Waals surface area contributed by atoms with Gasteiger partial charge in [0.05, 0.1) is 13.7 Å². The van der Waals surface area contributed by atoms with Crippen molar-refractivity contribution in [3.05, 3.63) is 35.9 Å². The van der Waals surface area contributed by atoms with Crippen LogP contribution in [0.15, 0.2) is 30.3 Å². The molecule has 1 aromatic carbocycles. The molecular formula is C21H29N3O3. The van der Waals surface area contributed by atoms with E-state index in [2.05, 4.69) is 17.1 Å². The summed E-state index contributed by atoms with van der Waals surface area (Å²) in [6, 6.07) is 8.03. The van der Waals surface area contributed by atoms with Gasteiger partial charge in [-0.15, -0.1) is 0 Å². The van der Waals surface area contributed by atoms with E-state index in [0.717, 1.165) is 50.2 Å². The van der Waals surface area contributed by atoms with Crippen LogP contribution in [0.25, 0.3) is 6.08 Å². The van der Waals surface area contributed by atoms with Gasteiger partial charge in [0.1, 0.15) is 5.75 Å². The van der Waals surface area contributed by atoms with Gasteiger partial charge in [-0.2, -0.15) is 0 Å². The van der Waals surface area contributed by atoms with E-state index >= 15 is 0 Å². The first-order chi connectivity index (χ1) is 13.0. The third-order valence-electron chi connectivity index (χ3n) is 5.80. The van der Waals surface area contributed by atoms with Gasteiger partial charge >= 0.3 is 0 Å². The summed E-state index contributed by atoms with van der Waals surface area (Å²) in [5.41, 5.74) is 6.61. The fourth-order valence-electron chi connectivity index (χ4n) is 4.11. The van der Waals surface area contributed by atoms with Gasteiger partial charge in [0.2, 0.25) is 11.8 Å². The van der Waals surface area contributed by atoms with Crippen LogP contribution in [0, 0.1) is 5.41 Å². The Morgan fingerprint density at radius 3 is 2.56 bits per heavy atom. The molecule has 2 N–H and O–H groups in total. The van der Waals surface area contributed by atoms with Crippen molar-refractivity contribution in [2.45, 2.75) is 25.7 Å². The quantitative estimate of drug-likeness (QED) is 0.829. The van der Waals surface area contributed by atoms with Gasteiger partial charge in [-0.3, -0.25) is 14.5 Å². The fourth-order valence-corrected chi connectivity index (χ4v) is 4.11. The van der Waals surface area contributed by atoms with Crippen LogP contribution in [0.3, 0.4) is 0 Å². The van der Waals surface area contributed by atoms with Crippen molar-refractivity contribution in [3.63, 3.8) is 0 Å². The molecule has 0 radical (unpaired) electrons. The van der Waals surface area contributed by atoms with E-state index < -0.39 is 5.91 Å². The Labute approximate surface area is 161 Å². The predicted molar refractivity (Wildman–Crippen MR) is 105 cm³/mol. The molecule has 6 heteroatoms. The molecule has 146 valence electrons.